The number of hydrogen-bond acceptors (Lipinski definition) is 1. The lowest BCUT2D eigenvalue weighted by molar-refractivity contribution is -0.121. The Labute approximate surface area is 114 Å². The van der Waals surface area contributed by atoms with Gasteiger partial charge < -0.3 is 5.32 Å². The Bertz CT molecular complexity index is 201. The quantitative estimate of drug-likeness (QED) is 0.534. The van der Waals surface area contributed by atoms with Gasteiger partial charge in [-0.25, -0.2) is 0 Å². The van der Waals surface area contributed by atoms with Gasteiger partial charge in [-0.05, 0) is 26.2 Å². The molecule has 0 saturated carbocycles. The first-order valence-corrected chi connectivity index (χ1v) is 7.85. The van der Waals surface area contributed by atoms with Crippen molar-refractivity contribution >= 4 is 5.91 Å². The van der Waals surface area contributed by atoms with Crippen LogP contribution in [0, 0.1) is 5.92 Å². The third-order valence-electron chi connectivity index (χ3n) is 3.50. The highest BCUT2D eigenvalue weighted by Gasteiger charge is 2.02. The second kappa shape index (κ2) is 11.6. The number of carbonyl (C=O) groups excluding carboxylic acids is 1. The number of carbonyl (C=O) groups is 1. The largest absolute Gasteiger partial charge is 0.354 e. The van der Waals surface area contributed by atoms with Crippen molar-refractivity contribution in [3.8, 4) is 0 Å². The van der Waals surface area contributed by atoms with E-state index in [1.165, 1.54) is 44.9 Å². The molecule has 0 bridgehead atoms. The predicted octanol–water partition coefficient (Wildman–Crippen LogP) is 4.68. The monoisotopic (exact) mass is 255 g/mol. The van der Waals surface area contributed by atoms with Gasteiger partial charge in [-0.3, -0.25) is 4.79 Å². The van der Waals surface area contributed by atoms with Crippen LogP contribution in [0.25, 0.3) is 0 Å². The molecule has 18 heavy (non-hydrogen) atoms. The zero-order valence-electron chi connectivity index (χ0n) is 12.9. The van der Waals surface area contributed by atoms with E-state index in [1.807, 2.05) is 13.8 Å². The van der Waals surface area contributed by atoms with E-state index in [4.69, 9.17) is 0 Å². The highest BCUT2D eigenvalue weighted by Crippen LogP contribution is 2.14. The molecule has 0 aromatic carbocycles. The summed E-state index contributed by atoms with van der Waals surface area (Å²) in [6, 6.07) is 0.276. The van der Waals surface area contributed by atoms with Gasteiger partial charge in [0.1, 0.15) is 0 Å². The standard InChI is InChI=1S/C16H33NO/c1-5-15(4)12-10-8-6-7-9-11-13-16(18)17-14(2)3/h14-15H,5-13H2,1-4H3,(H,17,18). The summed E-state index contributed by atoms with van der Waals surface area (Å²) in [4.78, 5) is 11.4. The fraction of sp³-hybridized carbons (Fsp3) is 0.938. The van der Waals surface area contributed by atoms with Gasteiger partial charge >= 0.3 is 0 Å². The Morgan fingerprint density at radius 2 is 1.50 bits per heavy atom. The number of nitrogens with one attached hydrogen (secondary N) is 1. The first-order chi connectivity index (χ1) is 8.56. The summed E-state index contributed by atoms with van der Waals surface area (Å²) in [5.74, 6) is 1.10. The van der Waals surface area contributed by atoms with Crippen molar-refractivity contribution in [3.05, 3.63) is 0 Å². The molecular formula is C16H33NO. The van der Waals surface area contributed by atoms with Gasteiger partial charge in [-0.15, -0.1) is 0 Å². The summed E-state index contributed by atoms with van der Waals surface area (Å²) in [7, 11) is 0. The van der Waals surface area contributed by atoms with Crippen molar-refractivity contribution in [3.63, 3.8) is 0 Å². The van der Waals surface area contributed by atoms with Gasteiger partial charge in [0.25, 0.3) is 0 Å². The van der Waals surface area contributed by atoms with E-state index in [0.29, 0.717) is 6.42 Å². The maximum absolute atomic E-state index is 11.4. The van der Waals surface area contributed by atoms with Crippen LogP contribution in [-0.4, -0.2) is 11.9 Å². The molecule has 0 saturated heterocycles. The minimum atomic E-state index is 0.210. The van der Waals surface area contributed by atoms with Crippen LogP contribution in [0.3, 0.4) is 0 Å². The maximum Gasteiger partial charge on any atom is 0.220 e. The van der Waals surface area contributed by atoms with Crippen LogP contribution < -0.4 is 5.32 Å². The minimum absolute atomic E-state index is 0.210. The number of hydrogen-bond donors (Lipinski definition) is 1. The van der Waals surface area contributed by atoms with Crippen LogP contribution >= 0.6 is 0 Å². The zero-order valence-corrected chi connectivity index (χ0v) is 12.9. The third kappa shape index (κ3) is 11.9. The van der Waals surface area contributed by atoms with E-state index in [-0.39, 0.29) is 11.9 Å². The summed E-state index contributed by atoms with van der Waals surface area (Å²) in [6.45, 7) is 8.63. The molecule has 2 heteroatoms. The van der Waals surface area contributed by atoms with Crippen molar-refractivity contribution in [2.45, 2.75) is 91.5 Å². The molecule has 0 aliphatic rings. The topological polar surface area (TPSA) is 29.1 Å². The molecule has 0 spiro atoms. The molecule has 1 unspecified atom stereocenters. The van der Waals surface area contributed by atoms with Crippen LogP contribution in [0.1, 0.15) is 85.5 Å². The molecule has 0 aromatic rings. The lowest BCUT2D eigenvalue weighted by Gasteiger charge is -2.08. The lowest BCUT2D eigenvalue weighted by Crippen LogP contribution is -2.29. The molecule has 0 rings (SSSR count). The number of amides is 1. The molecule has 0 aromatic heterocycles. The van der Waals surface area contributed by atoms with Crippen LogP contribution in [-0.2, 0) is 4.79 Å². The van der Waals surface area contributed by atoms with Gasteiger partial charge in [0.05, 0.1) is 0 Å². The molecule has 0 fully saturated rings. The summed E-state index contributed by atoms with van der Waals surface area (Å²) >= 11 is 0. The van der Waals surface area contributed by atoms with Crippen LogP contribution in [0.15, 0.2) is 0 Å². The average Bonchev–Trinajstić information content (AvgIpc) is 2.31. The maximum atomic E-state index is 11.4. The first kappa shape index (κ1) is 17.5. The van der Waals surface area contributed by atoms with E-state index in [0.717, 1.165) is 12.3 Å². The summed E-state index contributed by atoms with van der Waals surface area (Å²) in [5, 5.41) is 2.93. The third-order valence-corrected chi connectivity index (χ3v) is 3.50. The van der Waals surface area contributed by atoms with Crippen LogP contribution in [0.5, 0.6) is 0 Å². The van der Waals surface area contributed by atoms with E-state index in [1.54, 1.807) is 0 Å². The van der Waals surface area contributed by atoms with E-state index >= 15 is 0 Å². The number of unbranched alkanes of at least 4 members (excludes halogenated alkanes) is 5. The Kier molecular flexibility index (Phi) is 11.2. The van der Waals surface area contributed by atoms with Crippen molar-refractivity contribution in [1.29, 1.82) is 0 Å². The summed E-state index contributed by atoms with van der Waals surface area (Å²) in [5.41, 5.74) is 0. The smallest absolute Gasteiger partial charge is 0.220 e. The molecule has 0 aliphatic heterocycles. The predicted molar refractivity (Wildman–Crippen MR) is 79.7 cm³/mol. The molecule has 1 atom stereocenters. The lowest BCUT2D eigenvalue weighted by atomic mass is 10.00. The molecule has 1 N–H and O–H groups in total. The zero-order chi connectivity index (χ0) is 13.8. The van der Waals surface area contributed by atoms with Gasteiger partial charge in [0.15, 0.2) is 0 Å². The molecule has 0 heterocycles. The number of rotatable bonds is 11. The van der Waals surface area contributed by atoms with Gasteiger partial charge in [0, 0.05) is 12.5 Å². The average molecular weight is 255 g/mol. The summed E-state index contributed by atoms with van der Waals surface area (Å²) in [6.07, 6.45) is 11.0. The summed E-state index contributed by atoms with van der Waals surface area (Å²) < 4.78 is 0. The fourth-order valence-corrected chi connectivity index (χ4v) is 2.08. The van der Waals surface area contributed by atoms with E-state index in [2.05, 4.69) is 19.2 Å². The first-order valence-electron chi connectivity index (χ1n) is 7.85. The molecule has 1 amide bonds. The molecule has 0 aliphatic carbocycles. The van der Waals surface area contributed by atoms with Gasteiger partial charge in [0.2, 0.25) is 5.91 Å². The Morgan fingerprint density at radius 3 is 2.06 bits per heavy atom. The van der Waals surface area contributed by atoms with Gasteiger partial charge in [-0.2, -0.15) is 0 Å². The van der Waals surface area contributed by atoms with Crippen LogP contribution in [0.2, 0.25) is 0 Å². The SMILES string of the molecule is CCC(C)CCCCCCCCC(=O)NC(C)C. The Morgan fingerprint density at radius 1 is 0.944 bits per heavy atom. The molecular weight excluding hydrogens is 222 g/mol. The van der Waals surface area contributed by atoms with Crippen molar-refractivity contribution in [2.24, 2.45) is 5.92 Å². The normalized spacial score (nSPS) is 12.7. The highest BCUT2D eigenvalue weighted by molar-refractivity contribution is 5.76. The van der Waals surface area contributed by atoms with Crippen molar-refractivity contribution in [2.75, 3.05) is 0 Å². The highest BCUT2D eigenvalue weighted by atomic mass is 16.1. The van der Waals surface area contributed by atoms with Crippen molar-refractivity contribution < 1.29 is 4.79 Å². The van der Waals surface area contributed by atoms with Gasteiger partial charge in [-0.1, -0.05) is 58.8 Å². The molecule has 108 valence electrons. The molecule has 0 radical (unpaired) electrons. The van der Waals surface area contributed by atoms with Crippen LogP contribution in [0.4, 0.5) is 0 Å². The van der Waals surface area contributed by atoms with E-state index in [9.17, 15) is 4.79 Å². The van der Waals surface area contributed by atoms with E-state index < -0.39 is 0 Å². The minimum Gasteiger partial charge on any atom is -0.354 e. The molecule has 2 nitrogen and oxygen atoms in total. The fourth-order valence-electron chi connectivity index (χ4n) is 2.08. The van der Waals surface area contributed by atoms with Crippen molar-refractivity contribution in [1.82, 2.24) is 5.32 Å². The second-order valence-electron chi connectivity index (χ2n) is 5.90. The second-order valence-corrected chi connectivity index (χ2v) is 5.90. The Balaban J connectivity index is 3.19. The Hall–Kier alpha value is -0.530.